The lowest BCUT2D eigenvalue weighted by molar-refractivity contribution is 0.102. The average Bonchev–Trinajstić information content (AvgIpc) is 3.02. The Hall–Kier alpha value is -3.42. The Labute approximate surface area is 144 Å². The minimum Gasteiger partial charge on any atom is -0.494 e. The van der Waals surface area contributed by atoms with Crippen LogP contribution in [0.25, 0.3) is 0 Å². The molecule has 0 aliphatic carbocycles. The zero-order chi connectivity index (χ0) is 17.6. The highest BCUT2D eigenvalue weighted by Gasteiger charge is 2.11. The summed E-state index contributed by atoms with van der Waals surface area (Å²) < 4.78 is 10.3. The van der Waals surface area contributed by atoms with Gasteiger partial charge in [-0.15, -0.1) is 0 Å². The van der Waals surface area contributed by atoms with Gasteiger partial charge in [0.05, 0.1) is 6.61 Å². The molecule has 0 saturated carbocycles. The number of nitrogens with one attached hydrogen (secondary N) is 2. The van der Waals surface area contributed by atoms with Gasteiger partial charge in [-0.05, 0) is 44.2 Å². The Bertz CT molecular complexity index is 861. The number of aromatic nitrogens is 3. The molecule has 2 aromatic heterocycles. The second kappa shape index (κ2) is 7.43. The minimum atomic E-state index is -0.398. The number of rotatable bonds is 6. The van der Waals surface area contributed by atoms with E-state index in [1.165, 1.54) is 12.3 Å². The Morgan fingerprint density at radius 3 is 2.72 bits per heavy atom. The van der Waals surface area contributed by atoms with E-state index < -0.39 is 5.91 Å². The van der Waals surface area contributed by atoms with Gasteiger partial charge in [-0.1, -0.05) is 5.16 Å². The van der Waals surface area contributed by atoms with Gasteiger partial charge in [0.15, 0.2) is 5.82 Å². The van der Waals surface area contributed by atoms with E-state index in [0.717, 1.165) is 11.4 Å². The lowest BCUT2D eigenvalue weighted by Crippen LogP contribution is -2.15. The van der Waals surface area contributed by atoms with E-state index in [-0.39, 0.29) is 5.69 Å². The van der Waals surface area contributed by atoms with E-state index in [1.807, 2.05) is 31.2 Å². The quantitative estimate of drug-likeness (QED) is 0.711. The number of benzene rings is 1. The molecule has 0 unspecified atom stereocenters. The van der Waals surface area contributed by atoms with Gasteiger partial charge in [0, 0.05) is 18.0 Å². The fourth-order valence-electron chi connectivity index (χ4n) is 2.08. The topological polar surface area (TPSA) is 102 Å². The van der Waals surface area contributed by atoms with E-state index in [0.29, 0.717) is 24.1 Å². The number of amides is 1. The van der Waals surface area contributed by atoms with Crippen LogP contribution in [0.1, 0.15) is 23.2 Å². The largest absolute Gasteiger partial charge is 0.494 e. The van der Waals surface area contributed by atoms with E-state index >= 15 is 0 Å². The second-order valence-electron chi connectivity index (χ2n) is 5.12. The third kappa shape index (κ3) is 4.31. The molecule has 2 N–H and O–H groups in total. The molecule has 0 spiro atoms. The first-order valence-corrected chi connectivity index (χ1v) is 7.71. The van der Waals surface area contributed by atoms with Crippen molar-refractivity contribution in [2.24, 2.45) is 0 Å². The molecule has 0 radical (unpaired) electrons. The van der Waals surface area contributed by atoms with Gasteiger partial charge in [0.2, 0.25) is 5.95 Å². The number of ether oxygens (including phenoxy) is 1. The van der Waals surface area contributed by atoms with Crippen molar-refractivity contribution in [1.29, 1.82) is 0 Å². The van der Waals surface area contributed by atoms with Gasteiger partial charge < -0.3 is 19.9 Å². The normalized spacial score (nSPS) is 10.3. The highest BCUT2D eigenvalue weighted by atomic mass is 16.5. The van der Waals surface area contributed by atoms with Crippen molar-refractivity contribution in [3.05, 3.63) is 54.0 Å². The van der Waals surface area contributed by atoms with Gasteiger partial charge in [-0.25, -0.2) is 9.97 Å². The molecule has 25 heavy (non-hydrogen) atoms. The molecular formula is C17H17N5O3. The van der Waals surface area contributed by atoms with Gasteiger partial charge >= 0.3 is 0 Å². The average molecular weight is 339 g/mol. The molecule has 3 rings (SSSR count). The van der Waals surface area contributed by atoms with Crippen molar-refractivity contribution >= 4 is 23.4 Å². The summed E-state index contributed by atoms with van der Waals surface area (Å²) in [5.41, 5.74) is 0.997. The van der Waals surface area contributed by atoms with E-state index in [1.54, 1.807) is 13.0 Å². The van der Waals surface area contributed by atoms with Crippen molar-refractivity contribution in [1.82, 2.24) is 15.1 Å². The lowest BCUT2D eigenvalue weighted by Gasteiger charge is -2.07. The minimum absolute atomic E-state index is 0.212. The number of nitrogens with zero attached hydrogens (tertiary/aromatic N) is 3. The monoisotopic (exact) mass is 339 g/mol. The molecule has 0 aliphatic rings. The standard InChI is InChI=1S/C17H17N5O3/c1-3-24-13-6-4-12(5-7-13)19-17-18-9-8-14(20-17)16(23)21-15-10-11(2)25-22-15/h4-10H,3H2,1-2H3,(H,18,19,20)(H,21,22,23). The number of carbonyl (C=O) groups excluding carboxylic acids is 1. The van der Waals surface area contributed by atoms with Crippen molar-refractivity contribution < 1.29 is 14.1 Å². The summed E-state index contributed by atoms with van der Waals surface area (Å²) in [4.78, 5) is 20.5. The van der Waals surface area contributed by atoms with Gasteiger partial charge in [-0.2, -0.15) is 0 Å². The first-order valence-electron chi connectivity index (χ1n) is 7.71. The van der Waals surface area contributed by atoms with Crippen LogP contribution in [0.4, 0.5) is 17.5 Å². The van der Waals surface area contributed by atoms with Crippen LogP contribution in [0, 0.1) is 6.92 Å². The molecule has 0 saturated heterocycles. The highest BCUT2D eigenvalue weighted by molar-refractivity contribution is 6.02. The van der Waals surface area contributed by atoms with Crippen molar-refractivity contribution in [3.8, 4) is 5.75 Å². The molecule has 0 bridgehead atoms. The van der Waals surface area contributed by atoms with Gasteiger partial charge in [0.25, 0.3) is 5.91 Å². The zero-order valence-electron chi connectivity index (χ0n) is 13.8. The van der Waals surface area contributed by atoms with Gasteiger partial charge in [0.1, 0.15) is 17.2 Å². The zero-order valence-corrected chi connectivity index (χ0v) is 13.8. The van der Waals surface area contributed by atoms with Crippen LogP contribution in [-0.4, -0.2) is 27.6 Å². The van der Waals surface area contributed by atoms with Crippen LogP contribution in [-0.2, 0) is 0 Å². The van der Waals surface area contributed by atoms with Crippen LogP contribution in [0.15, 0.2) is 47.1 Å². The predicted molar refractivity (Wildman–Crippen MR) is 92.1 cm³/mol. The molecule has 0 aliphatic heterocycles. The first kappa shape index (κ1) is 16.4. The van der Waals surface area contributed by atoms with Crippen LogP contribution in [0.5, 0.6) is 5.75 Å². The fourth-order valence-corrected chi connectivity index (χ4v) is 2.08. The number of hydrogen-bond acceptors (Lipinski definition) is 7. The Kier molecular flexibility index (Phi) is 4.89. The summed E-state index contributed by atoms with van der Waals surface area (Å²) in [7, 11) is 0. The van der Waals surface area contributed by atoms with E-state index in [2.05, 4.69) is 25.8 Å². The third-order valence-corrected chi connectivity index (χ3v) is 3.18. The molecule has 2 heterocycles. The SMILES string of the molecule is CCOc1ccc(Nc2nccc(C(=O)Nc3cc(C)on3)n2)cc1. The lowest BCUT2D eigenvalue weighted by atomic mass is 10.3. The molecule has 8 heteroatoms. The molecule has 1 aromatic carbocycles. The summed E-state index contributed by atoms with van der Waals surface area (Å²) in [6.07, 6.45) is 1.51. The highest BCUT2D eigenvalue weighted by Crippen LogP contribution is 2.18. The maximum atomic E-state index is 12.2. The van der Waals surface area contributed by atoms with Crippen molar-refractivity contribution in [3.63, 3.8) is 0 Å². The maximum absolute atomic E-state index is 12.2. The van der Waals surface area contributed by atoms with Crippen molar-refractivity contribution in [2.45, 2.75) is 13.8 Å². The van der Waals surface area contributed by atoms with Crippen LogP contribution >= 0.6 is 0 Å². The maximum Gasteiger partial charge on any atom is 0.275 e. The summed E-state index contributed by atoms with van der Waals surface area (Å²) in [6, 6.07) is 10.5. The Morgan fingerprint density at radius 1 is 1.24 bits per heavy atom. The molecule has 3 aromatic rings. The van der Waals surface area contributed by atoms with Gasteiger partial charge in [-0.3, -0.25) is 4.79 Å². The van der Waals surface area contributed by atoms with Crippen LogP contribution in [0.3, 0.4) is 0 Å². The summed E-state index contributed by atoms with van der Waals surface area (Å²) in [5, 5.41) is 9.37. The Morgan fingerprint density at radius 2 is 2.04 bits per heavy atom. The number of anilines is 3. The first-order chi connectivity index (χ1) is 12.1. The van der Waals surface area contributed by atoms with E-state index in [4.69, 9.17) is 9.26 Å². The fraction of sp³-hybridized carbons (Fsp3) is 0.176. The molecule has 1 amide bonds. The number of carbonyl (C=O) groups is 1. The summed E-state index contributed by atoms with van der Waals surface area (Å²) in [6.45, 7) is 4.28. The number of hydrogen-bond donors (Lipinski definition) is 2. The Balaban J connectivity index is 1.69. The molecule has 0 fully saturated rings. The molecule has 128 valence electrons. The van der Waals surface area contributed by atoms with Crippen LogP contribution < -0.4 is 15.4 Å². The molecule has 8 nitrogen and oxygen atoms in total. The van der Waals surface area contributed by atoms with E-state index in [9.17, 15) is 4.79 Å². The third-order valence-electron chi connectivity index (χ3n) is 3.18. The predicted octanol–water partition coefficient (Wildman–Crippen LogP) is 3.17. The summed E-state index contributed by atoms with van der Waals surface area (Å²) >= 11 is 0. The van der Waals surface area contributed by atoms with Crippen molar-refractivity contribution in [2.75, 3.05) is 17.2 Å². The smallest absolute Gasteiger partial charge is 0.275 e. The second-order valence-corrected chi connectivity index (χ2v) is 5.12. The molecule has 0 atom stereocenters. The molecular weight excluding hydrogens is 322 g/mol. The van der Waals surface area contributed by atoms with Crippen LogP contribution in [0.2, 0.25) is 0 Å². The number of aryl methyl sites for hydroxylation is 1. The summed E-state index contributed by atoms with van der Waals surface area (Å²) in [5.74, 6) is 1.64.